The van der Waals surface area contributed by atoms with Gasteiger partial charge in [0.2, 0.25) is 11.8 Å². The van der Waals surface area contributed by atoms with Crippen LogP contribution in [0.5, 0.6) is 0 Å². The fraction of sp³-hybridized carbons (Fsp3) is 0.250. The summed E-state index contributed by atoms with van der Waals surface area (Å²) in [6.45, 7) is 2.86. The molecule has 0 saturated heterocycles. The van der Waals surface area contributed by atoms with Crippen molar-refractivity contribution in [2.45, 2.75) is 19.2 Å². The number of hydrogen-bond acceptors (Lipinski definition) is 4. The second-order valence-electron chi connectivity index (χ2n) is 3.97. The van der Waals surface area contributed by atoms with Gasteiger partial charge in [0.25, 0.3) is 0 Å². The van der Waals surface area contributed by atoms with E-state index >= 15 is 0 Å². The molecule has 0 radical (unpaired) electrons. The predicted octanol–water partition coefficient (Wildman–Crippen LogP) is 2.45. The Kier molecular flexibility index (Phi) is 4.26. The quantitative estimate of drug-likeness (QED) is 0.853. The van der Waals surface area contributed by atoms with E-state index in [4.69, 9.17) is 0 Å². The first-order valence-electron chi connectivity index (χ1n) is 5.55. The van der Waals surface area contributed by atoms with Crippen molar-refractivity contribution >= 4 is 44.7 Å². The lowest BCUT2D eigenvalue weighted by molar-refractivity contribution is -0.129. The molecule has 1 aliphatic heterocycles. The SMILES string of the molecule is CC(=O)NC1=NN(C(C)=O)[C@@H](c2ccc(Br)cc2)S1. The smallest absolute Gasteiger partial charge is 0.241 e. The molecule has 0 unspecified atom stereocenters. The molecule has 0 fully saturated rings. The molecule has 19 heavy (non-hydrogen) atoms. The molecule has 1 aromatic rings. The Bertz CT molecular complexity index is 544. The van der Waals surface area contributed by atoms with Gasteiger partial charge in [-0.3, -0.25) is 9.59 Å². The summed E-state index contributed by atoms with van der Waals surface area (Å²) in [5.41, 5.74) is 0.951. The molecule has 1 N–H and O–H groups in total. The summed E-state index contributed by atoms with van der Waals surface area (Å²) in [5.74, 6) is -0.369. The molecule has 0 spiro atoms. The zero-order valence-electron chi connectivity index (χ0n) is 10.4. The lowest BCUT2D eigenvalue weighted by Crippen LogP contribution is -2.25. The van der Waals surface area contributed by atoms with Crippen LogP contribution in [0.2, 0.25) is 0 Å². The molecule has 100 valence electrons. The van der Waals surface area contributed by atoms with Gasteiger partial charge in [0.05, 0.1) is 0 Å². The molecule has 1 aliphatic rings. The van der Waals surface area contributed by atoms with E-state index in [1.165, 1.54) is 30.6 Å². The van der Waals surface area contributed by atoms with Gasteiger partial charge in [0.15, 0.2) is 5.17 Å². The molecule has 0 saturated carbocycles. The van der Waals surface area contributed by atoms with Gasteiger partial charge in [-0.2, -0.15) is 0 Å². The van der Waals surface area contributed by atoms with Crippen LogP contribution in [0, 0.1) is 0 Å². The molecule has 5 nitrogen and oxygen atoms in total. The maximum atomic E-state index is 11.6. The molecular formula is C12H12BrN3O2S. The minimum absolute atomic E-state index is 0.166. The van der Waals surface area contributed by atoms with Gasteiger partial charge < -0.3 is 5.32 Å². The van der Waals surface area contributed by atoms with Gasteiger partial charge in [-0.25, -0.2) is 5.01 Å². The van der Waals surface area contributed by atoms with E-state index in [0.717, 1.165) is 10.0 Å². The van der Waals surface area contributed by atoms with Crippen molar-refractivity contribution in [2.24, 2.45) is 5.10 Å². The number of nitrogens with zero attached hydrogens (tertiary/aromatic N) is 2. The fourth-order valence-corrected chi connectivity index (χ4v) is 3.01. The number of hydrazone groups is 1. The second-order valence-corrected chi connectivity index (χ2v) is 5.96. The number of carbonyl (C=O) groups excluding carboxylic acids is 2. The first-order chi connectivity index (χ1) is 8.97. The largest absolute Gasteiger partial charge is 0.304 e. The number of nitrogens with one attached hydrogen (secondary N) is 1. The van der Waals surface area contributed by atoms with Crippen LogP contribution in [0.15, 0.2) is 33.8 Å². The first-order valence-corrected chi connectivity index (χ1v) is 7.23. The van der Waals surface area contributed by atoms with E-state index in [1.807, 2.05) is 24.3 Å². The highest BCUT2D eigenvalue weighted by molar-refractivity contribution is 9.10. The Morgan fingerprint density at radius 2 is 1.95 bits per heavy atom. The van der Waals surface area contributed by atoms with Crippen LogP contribution in [-0.2, 0) is 9.59 Å². The lowest BCUT2D eigenvalue weighted by Gasteiger charge is -2.19. The normalized spacial score (nSPS) is 18.2. The monoisotopic (exact) mass is 341 g/mol. The predicted molar refractivity (Wildman–Crippen MR) is 78.2 cm³/mol. The zero-order valence-corrected chi connectivity index (χ0v) is 12.8. The summed E-state index contributed by atoms with van der Waals surface area (Å²) in [4.78, 5) is 22.7. The second kappa shape index (κ2) is 5.75. The third-order valence-corrected chi connectivity index (χ3v) is 4.04. The van der Waals surface area contributed by atoms with Gasteiger partial charge >= 0.3 is 0 Å². The molecule has 0 bridgehead atoms. The summed E-state index contributed by atoms with van der Waals surface area (Å²) < 4.78 is 0.969. The van der Waals surface area contributed by atoms with Crippen molar-refractivity contribution in [3.05, 3.63) is 34.3 Å². The van der Waals surface area contributed by atoms with E-state index in [9.17, 15) is 9.59 Å². The van der Waals surface area contributed by atoms with Crippen molar-refractivity contribution in [1.82, 2.24) is 10.3 Å². The minimum atomic E-state index is -0.243. The highest BCUT2D eigenvalue weighted by atomic mass is 79.9. The summed E-state index contributed by atoms with van der Waals surface area (Å²) in [5, 5.41) is 8.31. The van der Waals surface area contributed by atoms with Crippen molar-refractivity contribution in [2.75, 3.05) is 0 Å². The van der Waals surface area contributed by atoms with Crippen LogP contribution in [-0.4, -0.2) is 22.0 Å². The van der Waals surface area contributed by atoms with E-state index in [2.05, 4.69) is 26.3 Å². The van der Waals surface area contributed by atoms with Gasteiger partial charge in [0.1, 0.15) is 5.37 Å². The molecule has 1 atom stereocenters. The standard InChI is InChI=1S/C12H12BrN3O2S/c1-7(17)14-12-15-16(8(2)18)11(19-12)9-3-5-10(13)6-4-9/h3-6,11H,1-2H3,(H,14,15,17)/t11-/m1/s1. The maximum Gasteiger partial charge on any atom is 0.241 e. The van der Waals surface area contributed by atoms with Crippen LogP contribution < -0.4 is 5.32 Å². The van der Waals surface area contributed by atoms with E-state index in [-0.39, 0.29) is 17.2 Å². The number of hydrogen-bond donors (Lipinski definition) is 1. The molecule has 1 heterocycles. The number of amides is 2. The Morgan fingerprint density at radius 3 is 2.47 bits per heavy atom. The van der Waals surface area contributed by atoms with Gasteiger partial charge in [0, 0.05) is 18.3 Å². The van der Waals surface area contributed by atoms with Crippen LogP contribution in [0.4, 0.5) is 0 Å². The fourth-order valence-electron chi connectivity index (χ4n) is 1.61. The van der Waals surface area contributed by atoms with Crippen molar-refractivity contribution in [3.8, 4) is 0 Å². The van der Waals surface area contributed by atoms with Crippen molar-refractivity contribution < 1.29 is 9.59 Å². The topological polar surface area (TPSA) is 61.8 Å². The number of rotatable bonds is 1. The van der Waals surface area contributed by atoms with Crippen molar-refractivity contribution in [3.63, 3.8) is 0 Å². The summed E-state index contributed by atoms with van der Waals surface area (Å²) in [7, 11) is 0. The average molecular weight is 342 g/mol. The zero-order chi connectivity index (χ0) is 14.0. The van der Waals surface area contributed by atoms with Crippen LogP contribution >= 0.6 is 27.7 Å². The lowest BCUT2D eigenvalue weighted by atomic mass is 10.2. The van der Waals surface area contributed by atoms with E-state index in [0.29, 0.717) is 5.17 Å². The highest BCUT2D eigenvalue weighted by Gasteiger charge is 2.32. The van der Waals surface area contributed by atoms with Crippen LogP contribution in [0.3, 0.4) is 0 Å². The maximum absolute atomic E-state index is 11.6. The third-order valence-electron chi connectivity index (χ3n) is 2.40. The molecular weight excluding hydrogens is 330 g/mol. The Labute approximate surface area is 123 Å². The van der Waals surface area contributed by atoms with Crippen molar-refractivity contribution in [1.29, 1.82) is 0 Å². The highest BCUT2D eigenvalue weighted by Crippen LogP contribution is 2.38. The first kappa shape index (κ1) is 14.1. The molecule has 1 aromatic carbocycles. The number of amidine groups is 1. The van der Waals surface area contributed by atoms with Gasteiger partial charge in [-0.05, 0) is 17.7 Å². The van der Waals surface area contributed by atoms with Crippen LogP contribution in [0.25, 0.3) is 0 Å². The number of halogens is 1. The molecule has 0 aliphatic carbocycles. The Morgan fingerprint density at radius 1 is 1.32 bits per heavy atom. The van der Waals surface area contributed by atoms with Gasteiger partial charge in [-0.15, -0.1) is 5.10 Å². The van der Waals surface area contributed by atoms with Gasteiger partial charge in [-0.1, -0.05) is 39.8 Å². The van der Waals surface area contributed by atoms with Crippen LogP contribution in [0.1, 0.15) is 24.8 Å². The Balaban J connectivity index is 2.24. The van der Waals surface area contributed by atoms with E-state index in [1.54, 1.807) is 0 Å². The number of carbonyl (C=O) groups is 2. The minimum Gasteiger partial charge on any atom is -0.304 e. The number of thioether (sulfide) groups is 1. The molecule has 2 rings (SSSR count). The number of benzene rings is 1. The summed E-state index contributed by atoms with van der Waals surface area (Å²) in [6.07, 6.45) is 0. The van der Waals surface area contributed by atoms with E-state index < -0.39 is 0 Å². The third kappa shape index (κ3) is 3.36. The average Bonchev–Trinajstić information content (AvgIpc) is 2.73. The molecule has 7 heteroatoms. The molecule has 2 amide bonds. The summed E-state index contributed by atoms with van der Waals surface area (Å²) in [6, 6.07) is 7.66. The molecule has 0 aromatic heterocycles. The Hall–Kier alpha value is -1.34. The summed E-state index contributed by atoms with van der Waals surface area (Å²) >= 11 is 4.71.